The number of hydrogen-bond acceptors (Lipinski definition) is 8. The Morgan fingerprint density at radius 1 is 0.978 bits per heavy atom. The molecule has 0 saturated heterocycles. The van der Waals surface area contributed by atoms with E-state index >= 15 is 0 Å². The van der Waals surface area contributed by atoms with Crippen molar-refractivity contribution in [1.29, 1.82) is 0 Å². The van der Waals surface area contributed by atoms with Gasteiger partial charge in [0.15, 0.2) is 0 Å². The Kier molecular flexibility index (Phi) is 12.5. The quantitative estimate of drug-likeness (QED) is 0.101. The number of aliphatic hydroxyl groups is 2. The van der Waals surface area contributed by atoms with Crippen molar-refractivity contribution in [3.63, 3.8) is 0 Å². The van der Waals surface area contributed by atoms with E-state index in [0.29, 0.717) is 60.8 Å². The lowest BCUT2D eigenvalue weighted by atomic mass is 9.80. The Morgan fingerprint density at radius 3 is 2.33 bits per heavy atom. The molecule has 0 aliphatic heterocycles. The van der Waals surface area contributed by atoms with Crippen LogP contribution in [0, 0.1) is 11.8 Å². The largest absolute Gasteiger partial charge is 0.493 e. The molecule has 1 heterocycles. The van der Waals surface area contributed by atoms with Crippen LogP contribution in [0.15, 0.2) is 46.9 Å². The lowest BCUT2D eigenvalue weighted by molar-refractivity contribution is -0.151. The first-order chi connectivity index (χ1) is 21.0. The minimum Gasteiger partial charge on any atom is -0.493 e. The molecule has 0 amide bonds. The van der Waals surface area contributed by atoms with Crippen molar-refractivity contribution in [3.05, 3.63) is 53.6 Å². The summed E-state index contributed by atoms with van der Waals surface area (Å²) < 4.78 is 58.9. The maximum atomic E-state index is 13.9. The average molecular weight is 637 g/mol. The van der Waals surface area contributed by atoms with Crippen molar-refractivity contribution >= 4 is 16.9 Å². The predicted molar refractivity (Wildman–Crippen MR) is 168 cm³/mol. The maximum Gasteiger partial charge on any atom is 0.417 e. The van der Waals surface area contributed by atoms with Gasteiger partial charge in [-0.1, -0.05) is 12.1 Å². The van der Waals surface area contributed by atoms with Crippen LogP contribution in [0.1, 0.15) is 70.9 Å². The number of unbranched alkanes of at least 4 members (excludes halogenated alkanes) is 1. The number of esters is 1. The molecule has 1 aromatic heterocycles. The van der Waals surface area contributed by atoms with Gasteiger partial charge in [0.05, 0.1) is 24.7 Å². The number of fused-ring (bicyclic) bond motifs is 1. The van der Waals surface area contributed by atoms with Crippen LogP contribution in [0.4, 0.5) is 13.2 Å². The number of aliphatic hydroxyl groups excluding tert-OH is 2. The molecule has 0 bridgehead atoms. The zero-order chi connectivity index (χ0) is 33.4. The van der Waals surface area contributed by atoms with Gasteiger partial charge < -0.3 is 35.6 Å². The van der Waals surface area contributed by atoms with Gasteiger partial charge in [0.25, 0.3) is 0 Å². The van der Waals surface area contributed by atoms with Crippen LogP contribution in [0.2, 0.25) is 0 Å². The number of benzene rings is 2. The molecule has 0 aliphatic carbocycles. The number of hydrogen-bond donors (Lipinski definition) is 4. The molecule has 8 nitrogen and oxygen atoms in total. The molecule has 6 N–H and O–H groups in total. The number of alkyl halides is 3. The third-order valence-electron chi connectivity index (χ3n) is 7.68. The van der Waals surface area contributed by atoms with Gasteiger partial charge in [0, 0.05) is 47.2 Å². The zero-order valence-corrected chi connectivity index (χ0v) is 26.6. The lowest BCUT2D eigenvalue weighted by Crippen LogP contribution is -2.50. The van der Waals surface area contributed by atoms with E-state index in [2.05, 4.69) is 0 Å². The minimum atomic E-state index is -4.58. The fourth-order valence-corrected chi connectivity index (χ4v) is 5.14. The Labute approximate surface area is 262 Å². The van der Waals surface area contributed by atoms with Crippen molar-refractivity contribution in [3.8, 4) is 17.1 Å². The molecular weight excluding hydrogens is 589 g/mol. The molecule has 3 aromatic rings. The summed E-state index contributed by atoms with van der Waals surface area (Å²) in [5.74, 6) is -0.525. The summed E-state index contributed by atoms with van der Waals surface area (Å²) in [5, 5.41) is 19.5. The Hall–Kier alpha value is -3.12. The van der Waals surface area contributed by atoms with E-state index in [1.807, 2.05) is 13.8 Å². The van der Waals surface area contributed by atoms with E-state index in [0.717, 1.165) is 6.07 Å². The summed E-state index contributed by atoms with van der Waals surface area (Å²) >= 11 is 0. The molecule has 0 aliphatic rings. The van der Waals surface area contributed by atoms with Crippen molar-refractivity contribution < 1.29 is 42.1 Å². The van der Waals surface area contributed by atoms with Crippen LogP contribution < -0.4 is 16.2 Å². The van der Waals surface area contributed by atoms with E-state index in [9.17, 15) is 23.1 Å². The third kappa shape index (κ3) is 11.0. The molecule has 0 spiro atoms. The minimum absolute atomic E-state index is 0.0644. The van der Waals surface area contributed by atoms with Gasteiger partial charge in [0.1, 0.15) is 17.1 Å². The van der Waals surface area contributed by atoms with Crippen LogP contribution in [-0.2, 0) is 22.1 Å². The number of carbonyl (C=O) groups excluding carboxylic acids is 1. The van der Waals surface area contributed by atoms with Crippen molar-refractivity contribution in [2.75, 3.05) is 26.4 Å². The van der Waals surface area contributed by atoms with Crippen LogP contribution in [0.3, 0.4) is 0 Å². The second kappa shape index (κ2) is 15.4. The monoisotopic (exact) mass is 636 g/mol. The van der Waals surface area contributed by atoms with Gasteiger partial charge in [0.2, 0.25) is 0 Å². The summed E-state index contributed by atoms with van der Waals surface area (Å²) in [6.45, 7) is 7.50. The molecule has 3 rings (SSSR count). The van der Waals surface area contributed by atoms with Gasteiger partial charge in [-0.25, -0.2) is 0 Å². The fourth-order valence-electron chi connectivity index (χ4n) is 5.14. The summed E-state index contributed by atoms with van der Waals surface area (Å²) in [5.41, 5.74) is 11.0. The van der Waals surface area contributed by atoms with E-state index < -0.39 is 28.7 Å². The first-order valence-electron chi connectivity index (χ1n) is 15.3. The van der Waals surface area contributed by atoms with Crippen LogP contribution >= 0.6 is 0 Å². The lowest BCUT2D eigenvalue weighted by Gasteiger charge is -2.33. The number of carbonyl (C=O) groups is 1. The number of furan rings is 1. The normalized spacial score (nSPS) is 14.0. The molecule has 11 heteroatoms. The molecule has 2 aromatic carbocycles. The summed E-state index contributed by atoms with van der Waals surface area (Å²) in [6.07, 6.45) is -1.53. The fraction of sp³-hybridized carbons (Fsp3) is 0.559. The van der Waals surface area contributed by atoms with Crippen molar-refractivity contribution in [1.82, 2.24) is 0 Å². The first kappa shape index (κ1) is 36.3. The molecule has 2 unspecified atom stereocenters. The number of halogens is 3. The van der Waals surface area contributed by atoms with Gasteiger partial charge in [-0.15, -0.1) is 0 Å². The smallest absolute Gasteiger partial charge is 0.417 e. The summed E-state index contributed by atoms with van der Waals surface area (Å²) in [6, 6.07) is 10.7. The Balaban J connectivity index is 1.56. The van der Waals surface area contributed by atoms with Gasteiger partial charge in [-0.05, 0) is 96.0 Å². The predicted octanol–water partition coefficient (Wildman–Crippen LogP) is 6.23. The molecule has 2 atom stereocenters. The summed E-state index contributed by atoms with van der Waals surface area (Å²) in [7, 11) is 0. The van der Waals surface area contributed by atoms with Gasteiger partial charge >= 0.3 is 12.1 Å². The molecule has 0 saturated carbocycles. The van der Waals surface area contributed by atoms with Gasteiger partial charge in [-0.3, -0.25) is 4.79 Å². The van der Waals surface area contributed by atoms with Crippen LogP contribution in [-0.4, -0.2) is 53.7 Å². The van der Waals surface area contributed by atoms with Crippen molar-refractivity contribution in [2.24, 2.45) is 23.3 Å². The number of rotatable bonds is 17. The highest BCUT2D eigenvalue weighted by atomic mass is 19.4. The van der Waals surface area contributed by atoms with Crippen LogP contribution in [0.5, 0.6) is 5.75 Å². The topological polar surface area (TPSA) is 141 Å². The first-order valence-corrected chi connectivity index (χ1v) is 15.3. The SMILES string of the molecule is CC(C)(N)CC(C(=O)OCCCCC(CO)COc1ccc2cc(-c3ccc(CCCO)cc3C(F)(F)F)oc2c1)C(C)(C)N. The van der Waals surface area contributed by atoms with E-state index in [1.165, 1.54) is 6.07 Å². The number of ether oxygens (including phenoxy) is 2. The summed E-state index contributed by atoms with van der Waals surface area (Å²) in [4.78, 5) is 12.7. The van der Waals surface area contributed by atoms with E-state index in [1.54, 1.807) is 44.2 Å². The second-order valence-electron chi connectivity index (χ2n) is 13.1. The highest BCUT2D eigenvalue weighted by Gasteiger charge is 2.37. The van der Waals surface area contributed by atoms with E-state index in [4.69, 9.17) is 30.5 Å². The Bertz CT molecular complexity index is 1390. The van der Waals surface area contributed by atoms with Crippen molar-refractivity contribution in [2.45, 2.75) is 83.5 Å². The molecule has 250 valence electrons. The number of nitrogens with two attached hydrogens (primary N) is 2. The average Bonchev–Trinajstić information content (AvgIpc) is 3.38. The number of aryl methyl sites for hydroxylation is 1. The second-order valence-corrected chi connectivity index (χ2v) is 13.1. The molecule has 45 heavy (non-hydrogen) atoms. The molecule has 0 radical (unpaired) electrons. The highest BCUT2D eigenvalue weighted by molar-refractivity contribution is 5.84. The molecular formula is C34H47F3N2O6. The van der Waals surface area contributed by atoms with Crippen LogP contribution in [0.25, 0.3) is 22.3 Å². The third-order valence-corrected chi connectivity index (χ3v) is 7.68. The maximum absolute atomic E-state index is 13.9. The Morgan fingerprint density at radius 2 is 1.71 bits per heavy atom. The van der Waals surface area contributed by atoms with E-state index in [-0.39, 0.29) is 49.6 Å². The highest BCUT2D eigenvalue weighted by Crippen LogP contribution is 2.40. The standard InChI is InChI=1S/C34H47F3N2O6/c1-32(2,38)19-28(33(3,4)39)31(42)43-15-6-5-8-23(20-41)21-44-25-12-11-24-17-30(45-29(24)18-25)26-13-10-22(9-7-14-40)16-27(26)34(35,36)37/h10-13,16-18,23,28,40-41H,5-9,14-15,19-21,38-39H2,1-4H3. The molecule has 0 fully saturated rings. The van der Waals surface area contributed by atoms with Gasteiger partial charge in [-0.2, -0.15) is 13.2 Å². The zero-order valence-electron chi connectivity index (χ0n) is 26.6.